The van der Waals surface area contributed by atoms with E-state index in [1.807, 2.05) is 39.8 Å². The molecule has 2 rings (SSSR count). The molecule has 0 spiro atoms. The number of carbonyl (C=O) groups is 2. The molecule has 1 aromatic rings. The predicted octanol–water partition coefficient (Wildman–Crippen LogP) is 4.93. The molecule has 5 nitrogen and oxygen atoms in total. The van der Waals surface area contributed by atoms with Gasteiger partial charge in [-0.15, -0.1) is 0 Å². The Bertz CT molecular complexity index is 1050. The highest BCUT2D eigenvalue weighted by Gasteiger charge is 2.41. The Morgan fingerprint density at radius 2 is 1.80 bits per heavy atom. The van der Waals surface area contributed by atoms with Gasteiger partial charge in [-0.05, 0) is 58.3 Å². The lowest BCUT2D eigenvalue weighted by molar-refractivity contribution is -0.120. The number of hydrogen-bond acceptors (Lipinski definition) is 5. The van der Waals surface area contributed by atoms with Crippen LogP contribution in [-0.2, 0) is 15.0 Å². The van der Waals surface area contributed by atoms with E-state index >= 15 is 0 Å². The fraction of sp³-hybridized carbons (Fsp3) is 0.480. The first kappa shape index (κ1) is 23.6. The molecule has 1 aliphatic carbocycles. The minimum absolute atomic E-state index is 0.0521. The van der Waals surface area contributed by atoms with Gasteiger partial charge < -0.3 is 9.15 Å². The van der Waals surface area contributed by atoms with Gasteiger partial charge in [-0.3, -0.25) is 14.4 Å². The van der Waals surface area contributed by atoms with Crippen molar-refractivity contribution in [2.24, 2.45) is 5.92 Å². The van der Waals surface area contributed by atoms with Crippen LogP contribution in [0.25, 0.3) is 0 Å². The van der Waals surface area contributed by atoms with Crippen LogP contribution in [0, 0.1) is 19.8 Å². The van der Waals surface area contributed by atoms with Gasteiger partial charge in [0.15, 0.2) is 11.2 Å². The maximum Gasteiger partial charge on any atom is 0.291 e. The van der Waals surface area contributed by atoms with Gasteiger partial charge in [0.2, 0.25) is 0 Å². The highest BCUT2D eigenvalue weighted by atomic mass is 16.6. The van der Waals surface area contributed by atoms with Crippen LogP contribution in [0.2, 0.25) is 0 Å². The minimum Gasteiger partial charge on any atom is -0.468 e. The van der Waals surface area contributed by atoms with Gasteiger partial charge in [-0.25, -0.2) is 0 Å². The molecule has 0 aromatic carbocycles. The largest absolute Gasteiger partial charge is 0.468 e. The van der Waals surface area contributed by atoms with Crippen LogP contribution in [0.5, 0.6) is 5.95 Å². The quantitative estimate of drug-likeness (QED) is 0.662. The standard InChI is InChI=1S/C25H32O5/c1-10-19(26)13(2)11-14(3)20-16(5)21(27)15(4)12-25(20,8)23-17(6)22(28)18(7)24(29-9)30-23/h11-13H,10H2,1-9H3/b14-11+/t13-,25?/m1/s1. The van der Waals surface area contributed by atoms with Gasteiger partial charge in [0.05, 0.1) is 18.1 Å². The van der Waals surface area contributed by atoms with E-state index < -0.39 is 5.41 Å². The monoisotopic (exact) mass is 412 g/mol. The van der Waals surface area contributed by atoms with Crippen LogP contribution in [0.1, 0.15) is 64.9 Å². The van der Waals surface area contributed by atoms with Crippen molar-refractivity contribution in [2.45, 2.75) is 67.2 Å². The van der Waals surface area contributed by atoms with Crippen LogP contribution in [-0.4, -0.2) is 18.7 Å². The van der Waals surface area contributed by atoms with E-state index in [1.165, 1.54) is 7.11 Å². The molecule has 5 heteroatoms. The van der Waals surface area contributed by atoms with Crippen LogP contribution in [0.3, 0.4) is 0 Å². The molecular weight excluding hydrogens is 380 g/mol. The third-order valence-corrected chi connectivity index (χ3v) is 6.03. The molecule has 0 fully saturated rings. The third-order valence-electron chi connectivity index (χ3n) is 6.03. The molecule has 0 saturated heterocycles. The molecule has 0 saturated carbocycles. The summed E-state index contributed by atoms with van der Waals surface area (Å²) >= 11 is 0. The van der Waals surface area contributed by atoms with Crippen molar-refractivity contribution in [3.05, 3.63) is 61.6 Å². The second-order valence-corrected chi connectivity index (χ2v) is 8.32. The Balaban J connectivity index is 2.86. The number of rotatable bonds is 6. The Kier molecular flexibility index (Phi) is 6.75. The summed E-state index contributed by atoms with van der Waals surface area (Å²) in [6, 6.07) is 0. The van der Waals surface area contributed by atoms with Crippen molar-refractivity contribution >= 4 is 11.6 Å². The summed E-state index contributed by atoms with van der Waals surface area (Å²) in [4.78, 5) is 37.9. The first-order valence-corrected chi connectivity index (χ1v) is 10.3. The van der Waals surface area contributed by atoms with Gasteiger partial charge in [-0.2, -0.15) is 0 Å². The van der Waals surface area contributed by atoms with Gasteiger partial charge in [0.25, 0.3) is 5.95 Å². The SMILES string of the molecule is CCC(=O)[C@H](C)/C=C(\C)C1=C(C)C(=O)C(C)=CC1(C)c1oc(OC)c(C)c(=O)c1C. The van der Waals surface area contributed by atoms with E-state index in [4.69, 9.17) is 9.15 Å². The first-order chi connectivity index (χ1) is 13.9. The number of Topliss-reactive ketones (excluding diaryl/α,β-unsaturated/α-hetero) is 2. The molecule has 1 aromatic heterocycles. The summed E-state index contributed by atoms with van der Waals surface area (Å²) in [7, 11) is 1.46. The highest BCUT2D eigenvalue weighted by Crippen LogP contribution is 2.45. The number of carbonyl (C=O) groups excluding carboxylic acids is 2. The minimum atomic E-state index is -0.859. The second kappa shape index (κ2) is 8.58. The molecule has 0 aliphatic heterocycles. The maximum absolute atomic E-state index is 12.9. The predicted molar refractivity (Wildman–Crippen MR) is 118 cm³/mol. The van der Waals surface area contributed by atoms with Gasteiger partial charge in [0.1, 0.15) is 11.5 Å². The molecule has 162 valence electrons. The molecule has 0 N–H and O–H groups in total. The zero-order valence-electron chi connectivity index (χ0n) is 19.5. The van der Waals surface area contributed by atoms with E-state index in [1.54, 1.807) is 27.7 Å². The lowest BCUT2D eigenvalue weighted by atomic mass is 9.67. The summed E-state index contributed by atoms with van der Waals surface area (Å²) in [6.07, 6.45) is 4.19. The van der Waals surface area contributed by atoms with Crippen LogP contribution in [0.15, 0.2) is 43.7 Å². The molecule has 30 heavy (non-hydrogen) atoms. The Morgan fingerprint density at radius 1 is 1.20 bits per heavy atom. The van der Waals surface area contributed by atoms with Crippen molar-refractivity contribution in [2.75, 3.05) is 7.11 Å². The molecule has 0 radical (unpaired) electrons. The lowest BCUT2D eigenvalue weighted by Crippen LogP contribution is -2.33. The molecule has 0 bridgehead atoms. The topological polar surface area (TPSA) is 73.6 Å². The molecular formula is C25H32O5. The number of methoxy groups -OCH3 is 1. The normalized spacial score (nSPS) is 20.9. The molecule has 0 amide bonds. The van der Waals surface area contributed by atoms with Gasteiger partial charge in [0, 0.05) is 23.5 Å². The fourth-order valence-electron chi connectivity index (χ4n) is 4.54. The van der Waals surface area contributed by atoms with Crippen molar-refractivity contribution in [3.63, 3.8) is 0 Å². The summed E-state index contributed by atoms with van der Waals surface area (Å²) in [5, 5.41) is 0. The van der Waals surface area contributed by atoms with Crippen LogP contribution >= 0.6 is 0 Å². The summed E-state index contributed by atoms with van der Waals surface area (Å²) in [6.45, 7) is 14.5. The summed E-state index contributed by atoms with van der Waals surface area (Å²) in [5.74, 6) is 0.408. The smallest absolute Gasteiger partial charge is 0.291 e. The lowest BCUT2D eigenvalue weighted by Gasteiger charge is -2.35. The molecule has 1 unspecified atom stereocenters. The molecule has 1 heterocycles. The van der Waals surface area contributed by atoms with Gasteiger partial charge >= 0.3 is 0 Å². The van der Waals surface area contributed by atoms with E-state index in [-0.39, 0.29) is 28.9 Å². The Hall–Kier alpha value is -2.69. The highest BCUT2D eigenvalue weighted by molar-refractivity contribution is 6.10. The van der Waals surface area contributed by atoms with Gasteiger partial charge in [-0.1, -0.05) is 26.0 Å². The average molecular weight is 413 g/mol. The van der Waals surface area contributed by atoms with E-state index in [9.17, 15) is 14.4 Å². The second-order valence-electron chi connectivity index (χ2n) is 8.32. The van der Waals surface area contributed by atoms with Crippen molar-refractivity contribution in [3.8, 4) is 5.95 Å². The van der Waals surface area contributed by atoms with Crippen molar-refractivity contribution < 1.29 is 18.7 Å². The summed E-state index contributed by atoms with van der Waals surface area (Å²) in [5.41, 5.74) is 2.63. The Labute approximate surface area is 178 Å². The Morgan fingerprint density at radius 3 is 2.33 bits per heavy atom. The number of hydrogen-bond donors (Lipinski definition) is 0. The maximum atomic E-state index is 12.9. The van der Waals surface area contributed by atoms with Crippen molar-refractivity contribution in [1.29, 1.82) is 0 Å². The molecule has 2 atom stereocenters. The fourth-order valence-corrected chi connectivity index (χ4v) is 4.54. The average Bonchev–Trinajstić information content (AvgIpc) is 2.69. The van der Waals surface area contributed by atoms with E-state index in [0.717, 1.165) is 11.1 Å². The number of ketones is 2. The van der Waals surface area contributed by atoms with E-state index in [0.29, 0.717) is 34.5 Å². The van der Waals surface area contributed by atoms with Crippen LogP contribution < -0.4 is 10.2 Å². The molecule has 1 aliphatic rings. The summed E-state index contributed by atoms with van der Waals surface area (Å²) < 4.78 is 11.4. The van der Waals surface area contributed by atoms with E-state index in [2.05, 4.69) is 0 Å². The number of allylic oxidation sites excluding steroid dienone is 6. The zero-order chi connectivity index (χ0) is 23.0. The van der Waals surface area contributed by atoms with Crippen molar-refractivity contribution in [1.82, 2.24) is 0 Å². The third kappa shape index (κ3) is 3.85. The first-order valence-electron chi connectivity index (χ1n) is 10.3. The number of ether oxygens (including phenoxy) is 1. The van der Waals surface area contributed by atoms with Crippen LogP contribution in [0.4, 0.5) is 0 Å². The zero-order valence-corrected chi connectivity index (χ0v) is 19.5.